The molecule has 152 valence electrons. The molecule has 8 heteroatoms. The fourth-order valence-corrected chi connectivity index (χ4v) is 3.68. The molecule has 1 fully saturated rings. The Labute approximate surface area is 163 Å². The summed E-state index contributed by atoms with van der Waals surface area (Å²) in [5, 5.41) is 7.43. The molecule has 0 unspecified atom stereocenters. The zero-order valence-corrected chi connectivity index (χ0v) is 16.3. The van der Waals surface area contributed by atoms with E-state index in [0.717, 1.165) is 37.2 Å². The van der Waals surface area contributed by atoms with Crippen LogP contribution >= 0.6 is 0 Å². The van der Waals surface area contributed by atoms with E-state index in [0.29, 0.717) is 6.54 Å². The molecule has 2 heterocycles. The van der Waals surface area contributed by atoms with Crippen LogP contribution in [0, 0.1) is 11.6 Å². The van der Waals surface area contributed by atoms with Crippen molar-refractivity contribution in [2.45, 2.75) is 31.8 Å². The highest BCUT2D eigenvalue weighted by atomic mass is 19.1. The number of hydrogen-bond donors (Lipinski definition) is 1. The highest BCUT2D eigenvalue weighted by Crippen LogP contribution is 2.30. The molecule has 28 heavy (non-hydrogen) atoms. The first-order valence-corrected chi connectivity index (χ1v) is 9.41. The molecule has 1 aliphatic rings. The van der Waals surface area contributed by atoms with Crippen molar-refractivity contribution in [1.29, 1.82) is 0 Å². The quantitative estimate of drug-likeness (QED) is 0.786. The van der Waals surface area contributed by atoms with Crippen LogP contribution in [0.2, 0.25) is 0 Å². The van der Waals surface area contributed by atoms with E-state index in [1.54, 1.807) is 4.68 Å². The first-order valence-electron chi connectivity index (χ1n) is 9.41. The number of benzene rings is 1. The fraction of sp³-hybridized carbons (Fsp3) is 0.500. The monoisotopic (exact) mass is 392 g/mol. The molecule has 1 amide bonds. The molecule has 6 nitrogen and oxygen atoms in total. The summed E-state index contributed by atoms with van der Waals surface area (Å²) in [7, 11) is 3.34. The third-order valence-electron chi connectivity index (χ3n) is 5.11. The molecule has 0 bridgehead atoms. The number of hydrogen-bond acceptors (Lipinski definition) is 4. The van der Waals surface area contributed by atoms with Gasteiger partial charge in [0.2, 0.25) is 5.91 Å². The number of nitrogens with one attached hydrogen (secondary N) is 1. The van der Waals surface area contributed by atoms with Gasteiger partial charge >= 0.3 is 0 Å². The Morgan fingerprint density at radius 3 is 2.61 bits per heavy atom. The molecule has 2 aromatic rings. The Kier molecular flexibility index (Phi) is 6.74. The molecule has 1 aromatic carbocycles. The lowest BCUT2D eigenvalue weighted by atomic mass is 9.91. The van der Waals surface area contributed by atoms with Crippen LogP contribution in [0.3, 0.4) is 0 Å². The third-order valence-corrected chi connectivity index (χ3v) is 5.11. The van der Waals surface area contributed by atoms with E-state index in [2.05, 4.69) is 15.3 Å². The predicted octanol–water partition coefficient (Wildman–Crippen LogP) is 2.34. The van der Waals surface area contributed by atoms with Crippen LogP contribution < -0.4 is 5.32 Å². The highest BCUT2D eigenvalue weighted by Gasteiger charge is 2.26. The summed E-state index contributed by atoms with van der Waals surface area (Å²) in [6.07, 6.45) is 3.63. The van der Waals surface area contributed by atoms with Crippen molar-refractivity contribution in [1.82, 2.24) is 20.0 Å². The molecule has 1 aromatic heterocycles. The minimum absolute atomic E-state index is 0.0284. The number of halogens is 2. The summed E-state index contributed by atoms with van der Waals surface area (Å²) in [5.74, 6) is -0.904. The highest BCUT2D eigenvalue weighted by molar-refractivity contribution is 5.77. The average molecular weight is 392 g/mol. The molecule has 3 rings (SSSR count). The molecule has 0 radical (unpaired) electrons. The Balaban J connectivity index is 1.60. The van der Waals surface area contributed by atoms with E-state index >= 15 is 0 Å². The second kappa shape index (κ2) is 9.25. The predicted molar refractivity (Wildman–Crippen MR) is 101 cm³/mol. The molecule has 1 aliphatic heterocycles. The number of methoxy groups -OCH3 is 1. The van der Waals surface area contributed by atoms with Gasteiger partial charge < -0.3 is 10.1 Å². The van der Waals surface area contributed by atoms with E-state index in [4.69, 9.17) is 4.74 Å². The van der Waals surface area contributed by atoms with Crippen molar-refractivity contribution >= 4 is 5.91 Å². The summed E-state index contributed by atoms with van der Waals surface area (Å²) >= 11 is 0. The number of aromatic nitrogens is 2. The van der Waals surface area contributed by atoms with E-state index in [1.165, 1.54) is 25.3 Å². The average Bonchev–Trinajstić information content (AvgIpc) is 3.05. The van der Waals surface area contributed by atoms with Crippen molar-refractivity contribution in [3.05, 3.63) is 52.9 Å². The lowest BCUT2D eigenvalue weighted by molar-refractivity contribution is -0.124. The van der Waals surface area contributed by atoms with Crippen LogP contribution in [-0.2, 0) is 29.7 Å². The Morgan fingerprint density at radius 1 is 1.29 bits per heavy atom. The molecular weight excluding hydrogens is 366 g/mol. The number of nitrogens with zero attached hydrogens (tertiary/aromatic N) is 3. The molecule has 1 saturated heterocycles. The minimum Gasteiger partial charge on any atom is -0.375 e. The maximum absolute atomic E-state index is 13.9. The standard InChI is InChI=1S/C20H26F2N4O2/c1-25-11-15(10-23-19(27)13-28-2)20(24-25)14-6-8-26(9-7-14)12-16-17(21)4-3-5-18(16)22/h3-5,11,14H,6-10,12-13H2,1-2H3,(H,23,27). The lowest BCUT2D eigenvalue weighted by Gasteiger charge is -2.31. The molecule has 0 atom stereocenters. The molecule has 0 saturated carbocycles. The van der Waals surface area contributed by atoms with Crippen molar-refractivity contribution < 1.29 is 18.3 Å². The number of carbonyl (C=O) groups is 1. The SMILES string of the molecule is COCC(=O)NCc1cn(C)nc1C1CCN(Cc2c(F)cccc2F)CC1. The normalized spacial score (nSPS) is 15.7. The van der Waals surface area contributed by atoms with Crippen molar-refractivity contribution in [3.63, 3.8) is 0 Å². The van der Waals surface area contributed by atoms with Crippen molar-refractivity contribution in [2.75, 3.05) is 26.8 Å². The Morgan fingerprint density at radius 2 is 1.96 bits per heavy atom. The van der Waals surface area contributed by atoms with Gasteiger partial charge in [0.1, 0.15) is 18.2 Å². The third kappa shape index (κ3) is 4.94. The van der Waals surface area contributed by atoms with E-state index in [-0.39, 0.29) is 30.5 Å². The fourth-order valence-electron chi connectivity index (χ4n) is 3.68. The van der Waals surface area contributed by atoms with Gasteiger partial charge in [0.25, 0.3) is 0 Å². The van der Waals surface area contributed by atoms with Gasteiger partial charge in [0, 0.05) is 50.5 Å². The van der Waals surface area contributed by atoms with Crippen LogP contribution in [-0.4, -0.2) is 47.4 Å². The van der Waals surface area contributed by atoms with Crippen LogP contribution in [0.15, 0.2) is 24.4 Å². The van der Waals surface area contributed by atoms with Gasteiger partial charge in [-0.1, -0.05) is 6.07 Å². The van der Waals surface area contributed by atoms with E-state index in [9.17, 15) is 13.6 Å². The smallest absolute Gasteiger partial charge is 0.246 e. The summed E-state index contributed by atoms with van der Waals surface area (Å²) in [4.78, 5) is 13.7. The van der Waals surface area contributed by atoms with Crippen LogP contribution in [0.1, 0.15) is 35.6 Å². The second-order valence-corrected chi connectivity index (χ2v) is 7.17. The van der Waals surface area contributed by atoms with Crippen LogP contribution in [0.25, 0.3) is 0 Å². The largest absolute Gasteiger partial charge is 0.375 e. The molecule has 0 spiro atoms. The summed E-state index contributed by atoms with van der Waals surface area (Å²) in [6.45, 7) is 2.19. The van der Waals surface area contributed by atoms with Crippen molar-refractivity contribution in [2.24, 2.45) is 7.05 Å². The number of rotatable bonds is 7. The molecule has 0 aliphatic carbocycles. The zero-order valence-electron chi connectivity index (χ0n) is 16.3. The van der Waals surface area contributed by atoms with Gasteiger partial charge in [-0.25, -0.2) is 8.78 Å². The van der Waals surface area contributed by atoms with Gasteiger partial charge in [0.15, 0.2) is 0 Å². The minimum atomic E-state index is -0.499. The number of ether oxygens (including phenoxy) is 1. The summed E-state index contributed by atoms with van der Waals surface area (Å²) < 4.78 is 34.4. The van der Waals surface area contributed by atoms with E-state index < -0.39 is 11.6 Å². The second-order valence-electron chi connectivity index (χ2n) is 7.17. The summed E-state index contributed by atoms with van der Waals surface area (Å²) in [5.41, 5.74) is 2.10. The number of amides is 1. The van der Waals surface area contributed by atoms with Crippen LogP contribution in [0.5, 0.6) is 0 Å². The maximum atomic E-state index is 13.9. The molecule has 1 N–H and O–H groups in total. The van der Waals surface area contributed by atoms with Gasteiger partial charge in [0.05, 0.1) is 5.69 Å². The number of aryl methyl sites for hydroxylation is 1. The van der Waals surface area contributed by atoms with Gasteiger partial charge in [-0.3, -0.25) is 14.4 Å². The van der Waals surface area contributed by atoms with Gasteiger partial charge in [-0.2, -0.15) is 5.10 Å². The topological polar surface area (TPSA) is 59.4 Å². The number of likely N-dealkylation sites (tertiary alicyclic amines) is 1. The summed E-state index contributed by atoms with van der Waals surface area (Å²) in [6, 6.07) is 3.97. The Hall–Kier alpha value is -2.32. The van der Waals surface area contributed by atoms with Crippen molar-refractivity contribution in [3.8, 4) is 0 Å². The van der Waals surface area contributed by atoms with Crippen LogP contribution in [0.4, 0.5) is 8.78 Å². The zero-order chi connectivity index (χ0) is 20.1. The van der Waals surface area contributed by atoms with E-state index in [1.807, 2.05) is 13.2 Å². The van der Waals surface area contributed by atoms with Gasteiger partial charge in [-0.05, 0) is 38.1 Å². The Bertz CT molecular complexity index is 796. The first-order chi connectivity index (χ1) is 13.5. The van der Waals surface area contributed by atoms with Gasteiger partial charge in [-0.15, -0.1) is 0 Å². The first kappa shape index (κ1) is 20.4. The molecular formula is C20H26F2N4O2. The number of carbonyl (C=O) groups excluding carboxylic acids is 1. The number of piperidine rings is 1. The lowest BCUT2D eigenvalue weighted by Crippen LogP contribution is -2.33. The maximum Gasteiger partial charge on any atom is 0.246 e.